The summed E-state index contributed by atoms with van der Waals surface area (Å²) in [6.45, 7) is 4.66. The molecular weight excluding hydrogens is 304 g/mol. The van der Waals surface area contributed by atoms with Crippen LogP contribution in [-0.4, -0.2) is 34.1 Å². The van der Waals surface area contributed by atoms with E-state index in [1.54, 1.807) is 4.68 Å². The monoisotopic (exact) mass is 328 g/mol. The number of nitrogens with one attached hydrogen (secondary N) is 2. The van der Waals surface area contributed by atoms with Gasteiger partial charge in [-0.05, 0) is 26.7 Å². The van der Waals surface area contributed by atoms with Gasteiger partial charge in [0.2, 0.25) is 0 Å². The Labute approximate surface area is 141 Å². The lowest BCUT2D eigenvalue weighted by Crippen LogP contribution is -2.35. The average molecular weight is 328 g/mol. The maximum absolute atomic E-state index is 12.2. The number of urea groups is 1. The molecule has 3 N–H and O–H groups in total. The fourth-order valence-corrected chi connectivity index (χ4v) is 2.63. The maximum atomic E-state index is 12.2. The van der Waals surface area contributed by atoms with Crippen LogP contribution in [0.3, 0.4) is 0 Å². The van der Waals surface area contributed by atoms with E-state index in [2.05, 4.69) is 15.7 Å². The molecule has 1 aromatic heterocycles. The van der Waals surface area contributed by atoms with Crippen LogP contribution in [0.5, 0.6) is 0 Å². The van der Waals surface area contributed by atoms with Crippen LogP contribution in [0.1, 0.15) is 32.7 Å². The first kappa shape index (κ1) is 16.5. The van der Waals surface area contributed by atoms with Gasteiger partial charge in [-0.1, -0.05) is 30.3 Å². The summed E-state index contributed by atoms with van der Waals surface area (Å²) in [5, 5.41) is 19.6. The highest BCUT2D eigenvalue weighted by Crippen LogP contribution is 2.44. The van der Waals surface area contributed by atoms with E-state index in [0.717, 1.165) is 24.1 Å². The predicted molar refractivity (Wildman–Crippen MR) is 93.8 cm³/mol. The van der Waals surface area contributed by atoms with Gasteiger partial charge in [0.05, 0.1) is 12.3 Å². The normalized spacial score (nSPS) is 15.3. The third kappa shape index (κ3) is 3.59. The maximum Gasteiger partial charge on any atom is 0.320 e. The van der Waals surface area contributed by atoms with Gasteiger partial charge in [-0.25, -0.2) is 9.48 Å². The Kier molecular flexibility index (Phi) is 4.57. The lowest BCUT2D eigenvalue weighted by atomic mass is 10.1. The van der Waals surface area contributed by atoms with Crippen molar-refractivity contribution < 1.29 is 9.90 Å². The molecule has 0 unspecified atom stereocenters. The Balaban J connectivity index is 1.72. The first-order chi connectivity index (χ1) is 11.5. The second kappa shape index (κ2) is 6.65. The Morgan fingerprint density at radius 3 is 2.62 bits per heavy atom. The number of rotatable bonds is 6. The number of hydrogen-bond acceptors (Lipinski definition) is 3. The first-order valence-electron chi connectivity index (χ1n) is 8.34. The molecule has 24 heavy (non-hydrogen) atoms. The molecule has 0 radical (unpaired) electrons. The van der Waals surface area contributed by atoms with Gasteiger partial charge >= 0.3 is 6.03 Å². The van der Waals surface area contributed by atoms with Crippen LogP contribution in [0.2, 0.25) is 0 Å². The minimum Gasteiger partial charge on any atom is -0.396 e. The summed E-state index contributed by atoms with van der Waals surface area (Å²) in [6.07, 6.45) is 1.93. The summed E-state index contributed by atoms with van der Waals surface area (Å²) >= 11 is 0. The zero-order valence-electron chi connectivity index (χ0n) is 14.1. The molecule has 3 rings (SSSR count). The van der Waals surface area contributed by atoms with E-state index in [9.17, 15) is 9.90 Å². The fraction of sp³-hybridized carbons (Fsp3) is 0.444. The van der Waals surface area contributed by atoms with Gasteiger partial charge in [-0.2, -0.15) is 5.10 Å². The molecule has 0 saturated heterocycles. The van der Waals surface area contributed by atoms with Crippen molar-refractivity contribution in [2.75, 3.05) is 18.5 Å². The molecule has 2 aromatic rings. The van der Waals surface area contributed by atoms with Crippen LogP contribution < -0.4 is 10.6 Å². The van der Waals surface area contributed by atoms with E-state index >= 15 is 0 Å². The van der Waals surface area contributed by atoms with Crippen molar-refractivity contribution >= 4 is 11.8 Å². The third-order valence-electron chi connectivity index (χ3n) is 4.45. The topological polar surface area (TPSA) is 79.2 Å². The van der Waals surface area contributed by atoms with Crippen molar-refractivity contribution in [1.29, 1.82) is 0 Å². The summed E-state index contributed by atoms with van der Waals surface area (Å²) in [6, 6.07) is 11.6. The molecule has 1 aromatic carbocycles. The number of amides is 2. The minimum absolute atomic E-state index is 0.106. The zero-order chi connectivity index (χ0) is 17.2. The highest BCUT2D eigenvalue weighted by Gasteiger charge is 2.42. The summed E-state index contributed by atoms with van der Waals surface area (Å²) in [7, 11) is 0. The molecule has 6 nitrogen and oxygen atoms in total. The molecule has 6 heteroatoms. The largest absolute Gasteiger partial charge is 0.396 e. The van der Waals surface area contributed by atoms with Crippen LogP contribution in [0.4, 0.5) is 10.6 Å². The van der Waals surface area contributed by atoms with Crippen LogP contribution >= 0.6 is 0 Å². The van der Waals surface area contributed by atoms with Gasteiger partial charge < -0.3 is 10.4 Å². The Morgan fingerprint density at radius 1 is 1.33 bits per heavy atom. The molecular formula is C18H24N4O2. The molecule has 0 aliphatic heterocycles. The number of benzene rings is 1. The van der Waals surface area contributed by atoms with Gasteiger partial charge in [0.25, 0.3) is 0 Å². The summed E-state index contributed by atoms with van der Waals surface area (Å²) in [5.41, 5.74) is 1.73. The van der Waals surface area contributed by atoms with Crippen LogP contribution in [0.25, 0.3) is 11.3 Å². The van der Waals surface area contributed by atoms with Gasteiger partial charge in [-0.15, -0.1) is 0 Å². The molecule has 1 aliphatic rings. The SMILES string of the molecule is CC(C)n1nc(-c2ccccc2)cc1NC(=O)NCC1(CO)CC1. The number of aromatic nitrogens is 2. The van der Waals surface area contributed by atoms with E-state index in [4.69, 9.17) is 0 Å². The quantitative estimate of drug-likeness (QED) is 0.762. The highest BCUT2D eigenvalue weighted by atomic mass is 16.3. The molecule has 1 heterocycles. The van der Waals surface area contributed by atoms with Crippen molar-refractivity contribution in [2.24, 2.45) is 5.41 Å². The van der Waals surface area contributed by atoms with Gasteiger partial charge in [0.1, 0.15) is 5.82 Å². The summed E-state index contributed by atoms with van der Waals surface area (Å²) < 4.78 is 1.81. The molecule has 1 fully saturated rings. The Bertz CT molecular complexity index is 705. The molecule has 0 bridgehead atoms. The van der Waals surface area contributed by atoms with E-state index in [0.29, 0.717) is 12.4 Å². The molecule has 128 valence electrons. The van der Waals surface area contributed by atoms with E-state index in [1.807, 2.05) is 50.2 Å². The van der Waals surface area contributed by atoms with Crippen molar-refractivity contribution in [1.82, 2.24) is 15.1 Å². The van der Waals surface area contributed by atoms with Crippen molar-refractivity contribution in [3.05, 3.63) is 36.4 Å². The Hall–Kier alpha value is -2.34. The molecule has 1 saturated carbocycles. The molecule has 1 aliphatic carbocycles. The standard InChI is InChI=1S/C18H24N4O2/c1-13(2)22-16(10-15(21-22)14-6-4-3-5-7-14)20-17(24)19-11-18(12-23)8-9-18/h3-7,10,13,23H,8-9,11-12H2,1-2H3,(H2,19,20,24). The number of nitrogens with zero attached hydrogens (tertiary/aromatic N) is 2. The molecule has 0 spiro atoms. The number of aliphatic hydroxyl groups excluding tert-OH is 1. The minimum atomic E-state index is -0.267. The van der Waals surface area contributed by atoms with Crippen LogP contribution in [-0.2, 0) is 0 Å². The number of carbonyl (C=O) groups excluding carboxylic acids is 1. The number of anilines is 1. The number of aliphatic hydroxyl groups is 1. The highest BCUT2D eigenvalue weighted by molar-refractivity contribution is 5.89. The second-order valence-electron chi connectivity index (χ2n) is 6.78. The first-order valence-corrected chi connectivity index (χ1v) is 8.34. The van der Waals surface area contributed by atoms with Crippen LogP contribution in [0.15, 0.2) is 36.4 Å². The predicted octanol–water partition coefficient (Wildman–Crippen LogP) is 3.03. The third-order valence-corrected chi connectivity index (χ3v) is 4.45. The van der Waals surface area contributed by atoms with E-state index in [1.165, 1.54) is 0 Å². The number of hydrogen-bond donors (Lipinski definition) is 3. The fourth-order valence-electron chi connectivity index (χ4n) is 2.63. The zero-order valence-corrected chi connectivity index (χ0v) is 14.1. The smallest absolute Gasteiger partial charge is 0.320 e. The molecule has 2 amide bonds. The lowest BCUT2D eigenvalue weighted by Gasteiger charge is -2.15. The Morgan fingerprint density at radius 2 is 2.04 bits per heavy atom. The summed E-state index contributed by atoms with van der Waals surface area (Å²) in [4.78, 5) is 12.2. The van der Waals surface area contributed by atoms with E-state index in [-0.39, 0.29) is 24.1 Å². The van der Waals surface area contributed by atoms with Crippen molar-refractivity contribution in [2.45, 2.75) is 32.7 Å². The van der Waals surface area contributed by atoms with E-state index < -0.39 is 0 Å². The van der Waals surface area contributed by atoms with Gasteiger partial charge in [0, 0.05) is 29.6 Å². The second-order valence-corrected chi connectivity index (χ2v) is 6.78. The molecule has 0 atom stereocenters. The van der Waals surface area contributed by atoms with Crippen molar-refractivity contribution in [3.8, 4) is 11.3 Å². The summed E-state index contributed by atoms with van der Waals surface area (Å²) in [5.74, 6) is 0.662. The van der Waals surface area contributed by atoms with Crippen molar-refractivity contribution in [3.63, 3.8) is 0 Å². The number of carbonyl (C=O) groups is 1. The lowest BCUT2D eigenvalue weighted by molar-refractivity contribution is 0.206. The van der Waals surface area contributed by atoms with Gasteiger partial charge in [0.15, 0.2) is 0 Å². The van der Waals surface area contributed by atoms with Gasteiger partial charge in [-0.3, -0.25) is 5.32 Å². The van der Waals surface area contributed by atoms with Crippen LogP contribution in [0, 0.1) is 5.41 Å². The average Bonchev–Trinajstić information content (AvgIpc) is 3.26.